The van der Waals surface area contributed by atoms with Crippen molar-refractivity contribution in [3.05, 3.63) is 47.3 Å². The van der Waals surface area contributed by atoms with E-state index in [1.54, 1.807) is 6.20 Å². The maximum absolute atomic E-state index is 8.99. The lowest BCUT2D eigenvalue weighted by molar-refractivity contribution is 0.981. The van der Waals surface area contributed by atoms with Crippen molar-refractivity contribution in [2.45, 2.75) is 13.5 Å². The van der Waals surface area contributed by atoms with Gasteiger partial charge in [-0.1, -0.05) is 6.07 Å². The third-order valence-electron chi connectivity index (χ3n) is 2.32. The lowest BCUT2D eigenvalue weighted by Crippen LogP contribution is -2.01. The van der Waals surface area contributed by atoms with Gasteiger partial charge in [0.05, 0.1) is 23.5 Å². The fourth-order valence-corrected chi connectivity index (χ4v) is 1.48. The number of nitrogens with one attached hydrogen (secondary N) is 2. The van der Waals surface area contributed by atoms with E-state index in [4.69, 9.17) is 5.26 Å². The van der Waals surface area contributed by atoms with Crippen LogP contribution in [0.1, 0.15) is 16.8 Å². The van der Waals surface area contributed by atoms with Crippen LogP contribution in [0.4, 0.5) is 5.69 Å². The summed E-state index contributed by atoms with van der Waals surface area (Å²) in [6, 6.07) is 9.85. The molecule has 2 N–H and O–H groups in total. The van der Waals surface area contributed by atoms with Crippen LogP contribution in [-0.4, -0.2) is 10.2 Å². The first kappa shape index (κ1) is 10.2. The van der Waals surface area contributed by atoms with E-state index in [-0.39, 0.29) is 0 Å². The summed E-state index contributed by atoms with van der Waals surface area (Å²) in [6.45, 7) is 2.61. The van der Waals surface area contributed by atoms with Crippen molar-refractivity contribution in [3.8, 4) is 6.07 Å². The lowest BCUT2D eigenvalue weighted by atomic mass is 10.1. The molecule has 0 saturated heterocycles. The number of nitrogens with zero attached hydrogens (tertiary/aromatic N) is 2. The minimum atomic E-state index is 0.637. The van der Waals surface area contributed by atoms with Crippen LogP contribution >= 0.6 is 0 Å². The van der Waals surface area contributed by atoms with Crippen molar-refractivity contribution < 1.29 is 0 Å². The van der Waals surface area contributed by atoms with Crippen LogP contribution < -0.4 is 5.32 Å². The van der Waals surface area contributed by atoms with Crippen LogP contribution in [0.2, 0.25) is 0 Å². The first-order chi connectivity index (χ1) is 7.79. The number of aromatic amines is 1. The molecule has 2 rings (SSSR count). The van der Waals surface area contributed by atoms with Gasteiger partial charge in [0.15, 0.2) is 0 Å². The minimum Gasteiger partial charge on any atom is -0.378 e. The summed E-state index contributed by atoms with van der Waals surface area (Å²) in [5, 5.41) is 18.9. The number of hydrogen-bond acceptors (Lipinski definition) is 3. The van der Waals surface area contributed by atoms with Gasteiger partial charge in [0.2, 0.25) is 0 Å². The first-order valence-corrected chi connectivity index (χ1v) is 5.02. The molecule has 0 amide bonds. The van der Waals surface area contributed by atoms with E-state index < -0.39 is 0 Å². The van der Waals surface area contributed by atoms with Crippen molar-refractivity contribution in [1.82, 2.24) is 10.2 Å². The Hall–Kier alpha value is -2.28. The molecule has 80 valence electrons. The molecule has 0 spiro atoms. The summed E-state index contributed by atoms with van der Waals surface area (Å²) in [5.74, 6) is 0. The molecule has 16 heavy (non-hydrogen) atoms. The molecule has 4 heteroatoms. The zero-order valence-electron chi connectivity index (χ0n) is 8.99. The van der Waals surface area contributed by atoms with E-state index in [1.165, 1.54) is 0 Å². The Labute approximate surface area is 93.9 Å². The third-order valence-corrected chi connectivity index (χ3v) is 2.32. The highest BCUT2D eigenvalue weighted by molar-refractivity contribution is 5.58. The zero-order chi connectivity index (χ0) is 11.4. The Morgan fingerprint density at radius 1 is 1.44 bits per heavy atom. The average molecular weight is 212 g/mol. The van der Waals surface area contributed by atoms with Crippen LogP contribution in [-0.2, 0) is 6.54 Å². The number of aryl methyl sites for hydroxylation is 1. The van der Waals surface area contributed by atoms with Gasteiger partial charge in [-0.15, -0.1) is 0 Å². The standard InChI is InChI=1S/C12H12N4/c1-9-2-3-12(10(6-9)7-13)14-8-11-4-5-15-16-11/h2-6,14H,8H2,1H3,(H,15,16). The Morgan fingerprint density at radius 3 is 3.00 bits per heavy atom. The molecule has 0 atom stereocenters. The molecule has 0 radical (unpaired) electrons. The highest BCUT2D eigenvalue weighted by Crippen LogP contribution is 2.16. The van der Waals surface area contributed by atoms with Crippen LogP contribution in [0.15, 0.2) is 30.5 Å². The SMILES string of the molecule is Cc1ccc(NCc2ccn[nH]2)c(C#N)c1. The number of hydrogen-bond donors (Lipinski definition) is 2. The highest BCUT2D eigenvalue weighted by Gasteiger charge is 2.01. The second-order valence-electron chi connectivity index (χ2n) is 3.60. The van der Waals surface area contributed by atoms with Crippen LogP contribution in [0.25, 0.3) is 0 Å². The second-order valence-corrected chi connectivity index (χ2v) is 3.60. The zero-order valence-corrected chi connectivity index (χ0v) is 8.99. The van der Waals surface area contributed by atoms with E-state index in [2.05, 4.69) is 21.6 Å². The molecule has 1 aromatic heterocycles. The number of rotatable bonds is 3. The summed E-state index contributed by atoms with van der Waals surface area (Å²) in [7, 11) is 0. The summed E-state index contributed by atoms with van der Waals surface area (Å²) in [5.41, 5.74) is 3.59. The van der Waals surface area contributed by atoms with E-state index in [9.17, 15) is 0 Å². The molecule has 0 fully saturated rings. The van der Waals surface area contributed by atoms with E-state index >= 15 is 0 Å². The Morgan fingerprint density at radius 2 is 2.31 bits per heavy atom. The van der Waals surface area contributed by atoms with Crippen molar-refractivity contribution in [2.75, 3.05) is 5.32 Å². The maximum atomic E-state index is 8.99. The lowest BCUT2D eigenvalue weighted by Gasteiger charge is -2.07. The third kappa shape index (κ3) is 2.20. The van der Waals surface area contributed by atoms with Gasteiger partial charge in [-0.05, 0) is 30.7 Å². The molecule has 0 bridgehead atoms. The summed E-state index contributed by atoms with van der Waals surface area (Å²) < 4.78 is 0. The van der Waals surface area contributed by atoms with Gasteiger partial charge in [0, 0.05) is 6.20 Å². The smallest absolute Gasteiger partial charge is 0.101 e. The van der Waals surface area contributed by atoms with Crippen molar-refractivity contribution in [1.29, 1.82) is 5.26 Å². The first-order valence-electron chi connectivity index (χ1n) is 5.02. The summed E-state index contributed by atoms with van der Waals surface area (Å²) in [4.78, 5) is 0. The topological polar surface area (TPSA) is 64.5 Å². The van der Waals surface area contributed by atoms with Gasteiger partial charge in [-0.2, -0.15) is 10.4 Å². The van der Waals surface area contributed by atoms with Crippen molar-refractivity contribution in [3.63, 3.8) is 0 Å². The fourth-order valence-electron chi connectivity index (χ4n) is 1.48. The van der Waals surface area contributed by atoms with E-state index in [1.807, 2.05) is 31.2 Å². The molecule has 1 aromatic carbocycles. The molecule has 0 unspecified atom stereocenters. The number of nitriles is 1. The molecule has 2 aromatic rings. The van der Waals surface area contributed by atoms with Gasteiger partial charge in [0.25, 0.3) is 0 Å². The molecule has 0 aliphatic carbocycles. The van der Waals surface area contributed by atoms with Crippen molar-refractivity contribution in [2.24, 2.45) is 0 Å². The fraction of sp³-hybridized carbons (Fsp3) is 0.167. The quantitative estimate of drug-likeness (QED) is 0.819. The van der Waals surface area contributed by atoms with Crippen LogP contribution in [0.3, 0.4) is 0 Å². The van der Waals surface area contributed by atoms with E-state index in [0.717, 1.165) is 16.9 Å². The molecular weight excluding hydrogens is 200 g/mol. The van der Waals surface area contributed by atoms with Crippen molar-refractivity contribution >= 4 is 5.69 Å². The number of anilines is 1. The monoisotopic (exact) mass is 212 g/mol. The molecule has 1 heterocycles. The summed E-state index contributed by atoms with van der Waals surface area (Å²) in [6.07, 6.45) is 1.71. The van der Waals surface area contributed by atoms with Gasteiger partial charge in [-0.25, -0.2) is 0 Å². The normalized spacial score (nSPS) is 9.75. The summed E-state index contributed by atoms with van der Waals surface area (Å²) >= 11 is 0. The molecule has 0 aliphatic heterocycles. The number of H-pyrrole nitrogens is 1. The van der Waals surface area contributed by atoms with Gasteiger partial charge < -0.3 is 5.32 Å². The molecule has 0 aliphatic rings. The maximum Gasteiger partial charge on any atom is 0.101 e. The van der Waals surface area contributed by atoms with E-state index in [0.29, 0.717) is 12.1 Å². The van der Waals surface area contributed by atoms with Crippen LogP contribution in [0.5, 0.6) is 0 Å². The Kier molecular flexibility index (Phi) is 2.88. The largest absolute Gasteiger partial charge is 0.378 e. The Balaban J connectivity index is 2.13. The van der Waals surface area contributed by atoms with Crippen LogP contribution in [0, 0.1) is 18.3 Å². The number of benzene rings is 1. The number of aromatic nitrogens is 2. The van der Waals surface area contributed by atoms with Gasteiger partial charge in [0.1, 0.15) is 6.07 Å². The van der Waals surface area contributed by atoms with Gasteiger partial charge in [-0.3, -0.25) is 5.10 Å². The predicted octanol–water partition coefficient (Wildman–Crippen LogP) is 2.20. The average Bonchev–Trinajstić information content (AvgIpc) is 2.80. The molecular formula is C12H12N4. The molecule has 4 nitrogen and oxygen atoms in total. The predicted molar refractivity (Wildman–Crippen MR) is 61.8 cm³/mol. The van der Waals surface area contributed by atoms with Gasteiger partial charge >= 0.3 is 0 Å². The molecule has 0 saturated carbocycles. The highest BCUT2D eigenvalue weighted by atomic mass is 15.1. The second kappa shape index (κ2) is 4.49. The Bertz CT molecular complexity index is 508. The minimum absolute atomic E-state index is 0.637.